The zero-order valence-corrected chi connectivity index (χ0v) is 23.1. The number of allylic oxidation sites excluding steroid dienone is 1. The van der Waals surface area contributed by atoms with Crippen LogP contribution < -0.4 is 0 Å². The highest BCUT2D eigenvalue weighted by Gasteiger charge is 2.27. The highest BCUT2D eigenvalue weighted by atomic mass is 16.7. The van der Waals surface area contributed by atoms with Crippen LogP contribution in [0.15, 0.2) is 12.2 Å². The smallest absolute Gasteiger partial charge is 0.365 e. The maximum Gasteiger partial charge on any atom is 0.365 e. The van der Waals surface area contributed by atoms with Gasteiger partial charge in [-0.2, -0.15) is 0 Å². The van der Waals surface area contributed by atoms with Gasteiger partial charge in [0.15, 0.2) is 0 Å². The standard InChI is InChI=1S/C27H48NO8/c1-6-7-8-15-18-25(35-27(32)21-28(4,5)36-24(3)30)19-16-13-11-9-10-12-14-17-20-26(31)34-22-33-23(2)29/h13,16,25H,6-12,14-15,17-22H2,1-5H3/q+1/b16-13-. The lowest BCUT2D eigenvalue weighted by molar-refractivity contribution is -1.05. The molecule has 0 saturated heterocycles. The first-order valence-corrected chi connectivity index (χ1v) is 13.2. The Balaban J connectivity index is 4.18. The van der Waals surface area contributed by atoms with Crippen LogP contribution in [0, 0.1) is 0 Å². The molecule has 0 saturated carbocycles. The SMILES string of the molecule is CCCCCCC(C/C=C\CCCCCCCC(=O)OCOC(C)=O)OC(=O)C[N+](C)(C)OC(C)=O. The van der Waals surface area contributed by atoms with Crippen LogP contribution in [0.25, 0.3) is 0 Å². The molecule has 0 aliphatic rings. The molecular formula is C27H48NO8+. The van der Waals surface area contributed by atoms with Crippen molar-refractivity contribution in [3.8, 4) is 0 Å². The van der Waals surface area contributed by atoms with E-state index in [2.05, 4.69) is 23.8 Å². The molecule has 0 N–H and O–H groups in total. The summed E-state index contributed by atoms with van der Waals surface area (Å²) in [5, 5.41) is 0. The molecule has 208 valence electrons. The molecule has 0 spiro atoms. The van der Waals surface area contributed by atoms with Gasteiger partial charge in [0.1, 0.15) is 20.2 Å². The summed E-state index contributed by atoms with van der Waals surface area (Å²) < 4.78 is 14.9. The van der Waals surface area contributed by atoms with Gasteiger partial charge in [0.2, 0.25) is 13.3 Å². The minimum Gasteiger partial charge on any atom is -0.458 e. The Morgan fingerprint density at radius 1 is 0.778 bits per heavy atom. The fourth-order valence-electron chi connectivity index (χ4n) is 3.62. The Labute approximate surface area is 217 Å². The first-order valence-electron chi connectivity index (χ1n) is 13.2. The van der Waals surface area contributed by atoms with Crippen LogP contribution >= 0.6 is 0 Å². The van der Waals surface area contributed by atoms with E-state index < -0.39 is 11.9 Å². The number of nitrogens with zero attached hydrogens (tertiary/aromatic N) is 1. The van der Waals surface area contributed by atoms with Gasteiger partial charge >= 0.3 is 23.9 Å². The lowest BCUT2D eigenvalue weighted by Crippen LogP contribution is -2.46. The van der Waals surface area contributed by atoms with Gasteiger partial charge in [-0.3, -0.25) is 14.4 Å². The summed E-state index contributed by atoms with van der Waals surface area (Å²) >= 11 is 0. The number of hydroxylamine groups is 3. The van der Waals surface area contributed by atoms with Gasteiger partial charge in [0.05, 0.1) is 0 Å². The number of unbranched alkanes of at least 4 members (excludes halogenated alkanes) is 8. The monoisotopic (exact) mass is 514 g/mol. The number of hydrogen-bond donors (Lipinski definition) is 0. The summed E-state index contributed by atoms with van der Waals surface area (Å²) in [7, 11) is 3.30. The molecule has 9 heteroatoms. The van der Waals surface area contributed by atoms with Crippen molar-refractivity contribution >= 4 is 23.9 Å². The number of likely N-dealkylation sites (N-methyl/N-ethyl adjacent to an activating group) is 1. The Hall–Kier alpha value is -2.42. The minimum absolute atomic E-state index is 0.0291. The molecular weight excluding hydrogens is 466 g/mol. The van der Waals surface area contributed by atoms with Crippen LogP contribution in [0.3, 0.4) is 0 Å². The second-order valence-corrected chi connectivity index (χ2v) is 9.56. The number of ether oxygens (including phenoxy) is 3. The average molecular weight is 515 g/mol. The molecule has 36 heavy (non-hydrogen) atoms. The second kappa shape index (κ2) is 20.7. The molecule has 9 nitrogen and oxygen atoms in total. The fourth-order valence-corrected chi connectivity index (χ4v) is 3.62. The molecule has 0 aliphatic carbocycles. The minimum atomic E-state index is -0.472. The Morgan fingerprint density at radius 2 is 1.44 bits per heavy atom. The number of rotatable bonds is 21. The third-order valence-corrected chi connectivity index (χ3v) is 5.36. The zero-order chi connectivity index (χ0) is 27.2. The van der Waals surface area contributed by atoms with Crippen LogP contribution in [0.2, 0.25) is 0 Å². The normalized spacial score (nSPS) is 12.2. The summed E-state index contributed by atoms with van der Waals surface area (Å²) in [5.74, 6) is -1.63. The van der Waals surface area contributed by atoms with Gasteiger partial charge in [0, 0.05) is 26.7 Å². The summed E-state index contributed by atoms with van der Waals surface area (Å²) in [4.78, 5) is 50.9. The van der Waals surface area contributed by atoms with Crippen molar-refractivity contribution < 1.29 is 42.9 Å². The first-order chi connectivity index (χ1) is 17.1. The van der Waals surface area contributed by atoms with Crippen molar-refractivity contribution in [1.82, 2.24) is 0 Å². The molecule has 0 aromatic carbocycles. The van der Waals surface area contributed by atoms with Gasteiger partial charge < -0.3 is 14.2 Å². The Morgan fingerprint density at radius 3 is 2.11 bits per heavy atom. The molecule has 0 rings (SSSR count). The lowest BCUT2D eigenvalue weighted by atomic mass is 10.1. The predicted molar refractivity (Wildman–Crippen MR) is 136 cm³/mol. The number of carbonyl (C=O) groups is 4. The van der Waals surface area contributed by atoms with E-state index in [1.807, 2.05) is 0 Å². The lowest BCUT2D eigenvalue weighted by Gasteiger charge is -2.25. The molecule has 1 atom stereocenters. The third-order valence-electron chi connectivity index (χ3n) is 5.36. The second-order valence-electron chi connectivity index (χ2n) is 9.56. The van der Waals surface area contributed by atoms with Crippen LogP contribution in [-0.4, -0.2) is 62.1 Å². The molecule has 1 unspecified atom stereocenters. The summed E-state index contributed by atoms with van der Waals surface area (Å²) in [6.45, 7) is 4.40. The van der Waals surface area contributed by atoms with Gasteiger partial charge in [-0.25, -0.2) is 9.59 Å². The summed E-state index contributed by atoms with van der Waals surface area (Å²) in [6, 6.07) is 0. The summed E-state index contributed by atoms with van der Waals surface area (Å²) in [5.41, 5.74) is 0. The highest BCUT2D eigenvalue weighted by Crippen LogP contribution is 2.14. The molecule has 0 aliphatic heterocycles. The van der Waals surface area contributed by atoms with Crippen molar-refractivity contribution in [2.24, 2.45) is 0 Å². The average Bonchev–Trinajstić information content (AvgIpc) is 2.76. The number of quaternary nitrogens is 1. The third kappa shape index (κ3) is 22.1. The highest BCUT2D eigenvalue weighted by molar-refractivity contribution is 5.71. The van der Waals surface area contributed by atoms with Crippen LogP contribution in [0.4, 0.5) is 0 Å². The van der Waals surface area contributed by atoms with Crippen LogP contribution in [-0.2, 0) is 38.2 Å². The largest absolute Gasteiger partial charge is 0.458 e. The van der Waals surface area contributed by atoms with E-state index in [4.69, 9.17) is 14.3 Å². The molecule has 0 aromatic heterocycles. The molecule has 0 radical (unpaired) electrons. The van der Waals surface area contributed by atoms with Gasteiger partial charge in [-0.05, 0) is 32.1 Å². The van der Waals surface area contributed by atoms with Crippen molar-refractivity contribution in [2.45, 2.75) is 110 Å². The first kappa shape index (κ1) is 33.6. The number of esters is 3. The van der Waals surface area contributed by atoms with Crippen LogP contribution in [0.5, 0.6) is 0 Å². The Kier molecular flexibility index (Phi) is 19.3. The number of hydrogen-bond acceptors (Lipinski definition) is 8. The summed E-state index contributed by atoms with van der Waals surface area (Å²) in [6.07, 6.45) is 16.2. The fraction of sp³-hybridized carbons (Fsp3) is 0.778. The predicted octanol–water partition coefficient (Wildman–Crippen LogP) is 5.16. The van der Waals surface area contributed by atoms with Gasteiger partial charge in [0.25, 0.3) is 0 Å². The molecule has 0 heterocycles. The quantitative estimate of drug-likeness (QED) is 0.0516. The molecule has 0 fully saturated rings. The maximum absolute atomic E-state index is 12.4. The topological polar surface area (TPSA) is 105 Å². The van der Waals surface area contributed by atoms with Gasteiger partial charge in [-0.1, -0.05) is 57.6 Å². The number of carbonyl (C=O) groups excluding carboxylic acids is 4. The van der Waals surface area contributed by atoms with E-state index in [0.29, 0.717) is 12.8 Å². The Bertz CT molecular complexity index is 675. The molecule has 0 bridgehead atoms. The van der Waals surface area contributed by atoms with Crippen LogP contribution in [0.1, 0.15) is 104 Å². The zero-order valence-electron chi connectivity index (χ0n) is 23.1. The van der Waals surface area contributed by atoms with Gasteiger partial charge in [-0.15, -0.1) is 4.65 Å². The van der Waals surface area contributed by atoms with E-state index in [9.17, 15) is 19.2 Å². The molecule has 0 aromatic rings. The van der Waals surface area contributed by atoms with E-state index in [0.717, 1.165) is 64.2 Å². The van der Waals surface area contributed by atoms with E-state index in [1.54, 1.807) is 14.1 Å². The maximum atomic E-state index is 12.4. The van der Waals surface area contributed by atoms with Crippen molar-refractivity contribution in [1.29, 1.82) is 0 Å². The van der Waals surface area contributed by atoms with Crippen molar-refractivity contribution in [2.75, 3.05) is 27.4 Å². The van der Waals surface area contributed by atoms with E-state index in [1.165, 1.54) is 20.3 Å². The van der Waals surface area contributed by atoms with Crippen molar-refractivity contribution in [3.63, 3.8) is 0 Å². The van der Waals surface area contributed by atoms with Crippen molar-refractivity contribution in [3.05, 3.63) is 12.2 Å². The van der Waals surface area contributed by atoms with E-state index in [-0.39, 0.29) is 36.0 Å². The molecule has 0 amide bonds. The van der Waals surface area contributed by atoms with E-state index >= 15 is 0 Å².